The van der Waals surface area contributed by atoms with E-state index in [9.17, 15) is 0 Å². The number of fused-ring (bicyclic) bond motifs is 8. The van der Waals surface area contributed by atoms with E-state index in [1.165, 1.54) is 94.6 Å². The van der Waals surface area contributed by atoms with Crippen LogP contribution in [-0.2, 0) is 0 Å². The summed E-state index contributed by atoms with van der Waals surface area (Å²) >= 11 is 0. The van der Waals surface area contributed by atoms with Gasteiger partial charge in [0.05, 0.1) is 28.3 Å². The zero-order valence-corrected chi connectivity index (χ0v) is 41.4. The number of aromatic amines is 2. The molecule has 0 radical (unpaired) electrons. The first-order chi connectivity index (χ1) is 32.0. The van der Waals surface area contributed by atoms with Gasteiger partial charge in [-0.05, 0) is 205 Å². The third-order valence-electron chi connectivity index (χ3n) is 13.9. The molecular weight excluding hydrogens is 813 g/mol. The summed E-state index contributed by atoms with van der Waals surface area (Å²) in [5, 5.41) is 0. The van der Waals surface area contributed by atoms with E-state index in [4.69, 9.17) is 9.97 Å². The minimum Gasteiger partial charge on any atom is -0.354 e. The van der Waals surface area contributed by atoms with Gasteiger partial charge in [-0.3, -0.25) is 0 Å². The van der Waals surface area contributed by atoms with Gasteiger partial charge in [-0.2, -0.15) is 0 Å². The molecule has 67 heavy (non-hydrogen) atoms. The highest BCUT2D eigenvalue weighted by Crippen LogP contribution is 2.45. The van der Waals surface area contributed by atoms with E-state index < -0.39 is 0 Å². The quantitative estimate of drug-likeness (QED) is 0.181. The molecule has 3 aromatic heterocycles. The molecule has 8 aromatic rings. The highest BCUT2D eigenvalue weighted by Gasteiger charge is 2.25. The maximum atomic E-state index is 5.77. The number of aromatic nitrogens is 4. The Hall–Kier alpha value is -7.30. The molecule has 8 bridgehead atoms. The maximum Gasteiger partial charge on any atom is 0.0738 e. The van der Waals surface area contributed by atoms with Crippen LogP contribution < -0.4 is 0 Å². The maximum absolute atomic E-state index is 5.77. The molecule has 4 nitrogen and oxygen atoms in total. The summed E-state index contributed by atoms with van der Waals surface area (Å²) in [6.45, 7) is 28.8. The summed E-state index contributed by atoms with van der Waals surface area (Å²) < 4.78 is 0. The van der Waals surface area contributed by atoms with E-state index in [1.54, 1.807) is 0 Å². The van der Waals surface area contributed by atoms with Crippen molar-refractivity contribution in [2.24, 2.45) is 0 Å². The zero-order valence-electron chi connectivity index (χ0n) is 41.4. The predicted molar refractivity (Wildman–Crippen MR) is 288 cm³/mol. The number of hydrogen-bond donors (Lipinski definition) is 2. The number of H-pyrrole nitrogens is 2. The van der Waals surface area contributed by atoms with Crippen LogP contribution in [-0.4, -0.2) is 19.9 Å². The molecule has 0 saturated heterocycles. The number of nitrogens with one attached hydrogen (secondary N) is 2. The van der Waals surface area contributed by atoms with Gasteiger partial charge in [-0.1, -0.05) is 101 Å². The second-order valence-electron chi connectivity index (χ2n) is 19.6. The van der Waals surface area contributed by atoms with E-state index >= 15 is 0 Å². The molecule has 0 saturated carbocycles. The normalized spacial score (nSPS) is 12.1. The molecule has 332 valence electrons. The molecule has 10 rings (SSSR count). The van der Waals surface area contributed by atoms with Crippen LogP contribution in [0.25, 0.3) is 102 Å². The summed E-state index contributed by atoms with van der Waals surface area (Å²) in [6, 6.07) is 34.3. The summed E-state index contributed by atoms with van der Waals surface area (Å²) in [7, 11) is 0. The van der Waals surface area contributed by atoms with Crippen LogP contribution in [0.5, 0.6) is 0 Å². The van der Waals surface area contributed by atoms with Crippen LogP contribution in [0.3, 0.4) is 0 Å². The van der Waals surface area contributed by atoms with Crippen molar-refractivity contribution in [1.82, 2.24) is 19.9 Å². The van der Waals surface area contributed by atoms with Crippen molar-refractivity contribution in [2.75, 3.05) is 0 Å². The smallest absolute Gasteiger partial charge is 0.0738 e. The molecule has 2 aliphatic heterocycles. The van der Waals surface area contributed by atoms with Crippen molar-refractivity contribution in [3.05, 3.63) is 186 Å². The standard InChI is InChI=1S/C63H60N4/c1-33-14-16-46(17-15-33)47-32-54-61(57-42(10)28-36(4)29-43(57)11)52-21-20-50(65-52)59(55-38(6)24-34(2)25-39(55)7)48-18-19-49(64-48)60(56-40(8)26-35(3)27-41(56)9)51-22-23-53(66-51)62(63(47)67-54)58-44(12)30-37(5)31-45(58)13/h14-32,65,67H,1-13H3. The topological polar surface area (TPSA) is 57.4 Å². The molecule has 0 unspecified atom stereocenters. The van der Waals surface area contributed by atoms with Crippen LogP contribution in [0.4, 0.5) is 0 Å². The van der Waals surface area contributed by atoms with Crippen molar-refractivity contribution in [1.29, 1.82) is 0 Å². The predicted octanol–water partition coefficient (Wildman–Crippen LogP) is 17.0. The van der Waals surface area contributed by atoms with Crippen LogP contribution in [0.1, 0.15) is 95.1 Å². The van der Waals surface area contributed by atoms with Crippen molar-refractivity contribution < 1.29 is 0 Å². The van der Waals surface area contributed by atoms with Gasteiger partial charge in [-0.25, -0.2) is 9.97 Å². The number of nitrogens with zero attached hydrogens (tertiary/aromatic N) is 2. The van der Waals surface area contributed by atoms with Crippen molar-refractivity contribution in [2.45, 2.75) is 90.0 Å². The number of benzene rings is 5. The Labute approximate surface area is 396 Å². The van der Waals surface area contributed by atoms with Gasteiger partial charge in [0, 0.05) is 44.4 Å². The number of hydrogen-bond acceptors (Lipinski definition) is 2. The van der Waals surface area contributed by atoms with Crippen LogP contribution >= 0.6 is 0 Å². The molecular formula is C63H60N4. The molecule has 0 aliphatic carbocycles. The lowest BCUT2D eigenvalue weighted by molar-refractivity contribution is 1.24. The molecule has 0 amide bonds. The van der Waals surface area contributed by atoms with Gasteiger partial charge in [0.25, 0.3) is 0 Å². The third-order valence-corrected chi connectivity index (χ3v) is 13.9. The minimum absolute atomic E-state index is 0.898. The van der Waals surface area contributed by atoms with Gasteiger partial charge >= 0.3 is 0 Å². The van der Waals surface area contributed by atoms with Crippen LogP contribution in [0, 0.1) is 90.0 Å². The van der Waals surface area contributed by atoms with Crippen molar-refractivity contribution >= 4 is 46.4 Å². The first kappa shape index (κ1) is 43.6. The highest BCUT2D eigenvalue weighted by molar-refractivity contribution is 6.06. The molecule has 2 aliphatic rings. The lowest BCUT2D eigenvalue weighted by atomic mass is 9.91. The van der Waals surface area contributed by atoms with Gasteiger partial charge in [0.15, 0.2) is 0 Å². The number of rotatable bonds is 5. The SMILES string of the molecule is Cc1ccc(-c2cc3[nH]c2c(-c2c(C)cc(C)cc2C)c2nc(c(-c4c(C)cc(C)cc4C)c4nc(c(-c5c(C)cc(C)cc5C)c5ccc([nH]5)c3-c3c(C)cc(C)cc3C)C=C4)C=C2)cc1. The number of aryl methyl sites for hydroxylation is 13. The Kier molecular flexibility index (Phi) is 10.8. The summed E-state index contributed by atoms with van der Waals surface area (Å²) in [6.07, 6.45) is 8.87. The van der Waals surface area contributed by atoms with E-state index in [0.29, 0.717) is 0 Å². The molecule has 5 aromatic carbocycles. The van der Waals surface area contributed by atoms with E-state index in [1.807, 2.05) is 0 Å². The second kappa shape index (κ2) is 16.5. The Balaban J connectivity index is 1.51. The highest BCUT2D eigenvalue weighted by atomic mass is 14.8. The largest absolute Gasteiger partial charge is 0.354 e. The molecule has 2 N–H and O–H groups in total. The zero-order chi connectivity index (χ0) is 47.2. The fraction of sp³-hybridized carbons (Fsp3) is 0.206. The van der Waals surface area contributed by atoms with Gasteiger partial charge in [0.2, 0.25) is 0 Å². The van der Waals surface area contributed by atoms with Crippen LogP contribution in [0.15, 0.2) is 91.0 Å². The third kappa shape index (κ3) is 7.59. The molecule has 5 heterocycles. The first-order valence-electron chi connectivity index (χ1n) is 23.6. The minimum atomic E-state index is 0.898. The summed E-state index contributed by atoms with van der Waals surface area (Å²) in [4.78, 5) is 19.7. The second-order valence-corrected chi connectivity index (χ2v) is 19.6. The van der Waals surface area contributed by atoms with Gasteiger partial charge < -0.3 is 9.97 Å². The molecule has 4 heteroatoms. The molecule has 0 atom stereocenters. The molecule has 0 fully saturated rings. The Bertz CT molecular complexity index is 3550. The lowest BCUT2D eigenvalue weighted by Crippen LogP contribution is -1.97. The fourth-order valence-corrected chi connectivity index (χ4v) is 11.6. The first-order valence-corrected chi connectivity index (χ1v) is 23.6. The fourth-order valence-electron chi connectivity index (χ4n) is 11.6. The summed E-state index contributed by atoms with van der Waals surface area (Å²) in [5.74, 6) is 0. The van der Waals surface area contributed by atoms with Crippen molar-refractivity contribution in [3.8, 4) is 55.6 Å². The van der Waals surface area contributed by atoms with E-state index in [2.05, 4.69) is 215 Å². The van der Waals surface area contributed by atoms with E-state index in [-0.39, 0.29) is 0 Å². The van der Waals surface area contributed by atoms with Crippen molar-refractivity contribution in [3.63, 3.8) is 0 Å². The monoisotopic (exact) mass is 872 g/mol. The van der Waals surface area contributed by atoms with Gasteiger partial charge in [0.1, 0.15) is 0 Å². The van der Waals surface area contributed by atoms with Gasteiger partial charge in [-0.15, -0.1) is 0 Å². The Morgan fingerprint density at radius 2 is 0.627 bits per heavy atom. The van der Waals surface area contributed by atoms with Crippen LogP contribution in [0.2, 0.25) is 0 Å². The average Bonchev–Trinajstić information content (AvgIpc) is 4.08. The van der Waals surface area contributed by atoms with E-state index in [0.717, 1.165) is 78.2 Å². The lowest BCUT2D eigenvalue weighted by Gasteiger charge is -2.15. The average molecular weight is 873 g/mol. The summed E-state index contributed by atoms with van der Waals surface area (Å²) in [5.41, 5.74) is 35.0. The molecule has 0 spiro atoms. The Morgan fingerprint density at radius 1 is 0.284 bits per heavy atom. The Morgan fingerprint density at radius 3 is 1.06 bits per heavy atom.